The smallest absolute Gasteiger partial charge is 0.259 e. The molecule has 1 aliphatic carbocycles. The number of phenolic OH excluding ortho intramolecular Hbond substituents is 2. The minimum Gasteiger partial charge on any atom is -0.505 e. The van der Waals surface area contributed by atoms with E-state index in [1.807, 2.05) is 24.3 Å². The van der Waals surface area contributed by atoms with Crippen molar-refractivity contribution in [2.45, 2.75) is 6.61 Å². The van der Waals surface area contributed by atoms with Crippen LogP contribution in [0.3, 0.4) is 0 Å². The molecule has 13 heteroatoms. The van der Waals surface area contributed by atoms with E-state index < -0.39 is 23.3 Å². The molecular weight excluding hydrogens is 767 g/mol. The van der Waals surface area contributed by atoms with Gasteiger partial charge in [0.2, 0.25) is 0 Å². The number of rotatable bonds is 10. The van der Waals surface area contributed by atoms with Crippen LogP contribution < -0.4 is 10.8 Å². The number of carbonyl (C=O) groups excluding carboxylic acids is 2. The van der Waals surface area contributed by atoms with Crippen LogP contribution in [0.25, 0.3) is 32.7 Å². The summed E-state index contributed by atoms with van der Waals surface area (Å²) in [6.45, 7) is -0.0673. The second kappa shape index (κ2) is 15.6. The largest absolute Gasteiger partial charge is 0.505 e. The highest BCUT2D eigenvalue weighted by atomic mass is 19.1. The third-order valence-electron chi connectivity index (χ3n) is 9.96. The number of nitrogens with one attached hydrogen (secondary N) is 2. The lowest BCUT2D eigenvalue weighted by Crippen LogP contribution is -2.12. The fraction of sp³-hybridized carbons (Fsp3) is 0.0213. The van der Waals surface area contributed by atoms with Crippen LogP contribution in [0.2, 0.25) is 0 Å². The van der Waals surface area contributed by atoms with E-state index in [1.165, 1.54) is 42.5 Å². The average Bonchev–Trinajstić information content (AvgIpc) is 3.52. The fourth-order valence-electron chi connectivity index (χ4n) is 7.09. The first-order valence-electron chi connectivity index (χ1n) is 18.6. The van der Waals surface area contributed by atoms with Crippen LogP contribution in [0.5, 0.6) is 11.5 Å². The van der Waals surface area contributed by atoms with E-state index >= 15 is 0 Å². The Morgan fingerprint density at radius 1 is 0.567 bits per heavy atom. The zero-order valence-corrected chi connectivity index (χ0v) is 31.2. The molecular formula is C47H30F2N6O5. The van der Waals surface area contributed by atoms with Gasteiger partial charge < -0.3 is 15.5 Å². The van der Waals surface area contributed by atoms with Gasteiger partial charge in [0.25, 0.3) is 5.91 Å². The van der Waals surface area contributed by atoms with Crippen molar-refractivity contribution >= 4 is 67.4 Å². The number of nitrogens with zero attached hydrogens (tertiary/aromatic N) is 4. The quantitative estimate of drug-likeness (QED) is 0.0797. The van der Waals surface area contributed by atoms with E-state index in [9.17, 15) is 28.6 Å². The zero-order valence-electron chi connectivity index (χ0n) is 31.2. The van der Waals surface area contributed by atoms with Crippen LogP contribution in [-0.4, -0.2) is 21.9 Å². The third kappa shape index (κ3) is 7.27. The molecule has 8 aromatic carbocycles. The monoisotopic (exact) mass is 796 g/mol. The summed E-state index contributed by atoms with van der Waals surface area (Å²) < 4.78 is 27.4. The molecule has 1 aliphatic rings. The van der Waals surface area contributed by atoms with Crippen molar-refractivity contribution in [1.29, 1.82) is 0 Å². The zero-order chi connectivity index (χ0) is 41.3. The summed E-state index contributed by atoms with van der Waals surface area (Å²) in [5.74, 6) is -2.45. The van der Waals surface area contributed by atoms with Gasteiger partial charge in [-0.3, -0.25) is 19.9 Å². The lowest BCUT2D eigenvalue weighted by atomic mass is 10.0. The van der Waals surface area contributed by atoms with E-state index in [0.29, 0.717) is 61.0 Å². The molecule has 0 unspecified atom stereocenters. The summed E-state index contributed by atoms with van der Waals surface area (Å²) in [5.41, 5.74) is 6.75. The summed E-state index contributed by atoms with van der Waals surface area (Å²) in [5, 5.41) is 45.3. The summed E-state index contributed by atoms with van der Waals surface area (Å²) in [4.78, 5) is 32.6. The SMILES string of the molecule is O=C1c2cc(N=Nc3c(O)c(CONc4cccc(F)c4)cc4ccccc34)ccc2-c2ccc(N=Nc3c(O)c(C(=O)Nc4cccc(F)c4)cc4ccccc34)cc21. The van der Waals surface area contributed by atoms with Crippen molar-refractivity contribution in [3.8, 4) is 22.6 Å². The Kier molecular flexibility index (Phi) is 9.76. The number of anilines is 2. The molecule has 292 valence electrons. The predicted molar refractivity (Wildman–Crippen MR) is 224 cm³/mol. The molecule has 1 amide bonds. The van der Waals surface area contributed by atoms with Gasteiger partial charge in [-0.05, 0) is 94.7 Å². The van der Waals surface area contributed by atoms with E-state index in [4.69, 9.17) is 4.84 Å². The number of hydrogen-bond acceptors (Lipinski definition) is 10. The topological polar surface area (TPSA) is 157 Å². The van der Waals surface area contributed by atoms with Crippen molar-refractivity contribution in [1.82, 2.24) is 0 Å². The van der Waals surface area contributed by atoms with Crippen molar-refractivity contribution < 1.29 is 33.4 Å². The fourth-order valence-corrected chi connectivity index (χ4v) is 7.09. The van der Waals surface area contributed by atoms with Crippen molar-refractivity contribution in [2.75, 3.05) is 10.8 Å². The van der Waals surface area contributed by atoms with Crippen LogP contribution in [0.1, 0.15) is 31.8 Å². The molecule has 0 fully saturated rings. The number of halogens is 2. The highest BCUT2D eigenvalue weighted by Crippen LogP contribution is 2.44. The molecule has 0 radical (unpaired) electrons. The van der Waals surface area contributed by atoms with Gasteiger partial charge in [0.15, 0.2) is 11.5 Å². The normalized spacial score (nSPS) is 12.1. The third-order valence-corrected chi connectivity index (χ3v) is 9.96. The first kappa shape index (κ1) is 37.4. The number of hydrogen-bond donors (Lipinski definition) is 4. The van der Waals surface area contributed by atoms with Gasteiger partial charge in [-0.1, -0.05) is 72.8 Å². The first-order valence-corrected chi connectivity index (χ1v) is 18.6. The molecule has 60 heavy (non-hydrogen) atoms. The van der Waals surface area contributed by atoms with Gasteiger partial charge in [-0.25, -0.2) is 8.78 Å². The Hall–Kier alpha value is -8.16. The van der Waals surface area contributed by atoms with Crippen LogP contribution in [-0.2, 0) is 11.4 Å². The van der Waals surface area contributed by atoms with Gasteiger partial charge >= 0.3 is 0 Å². The molecule has 8 aromatic rings. The highest BCUT2D eigenvalue weighted by Gasteiger charge is 2.28. The number of azo groups is 2. The summed E-state index contributed by atoms with van der Waals surface area (Å²) in [6.07, 6.45) is 0. The van der Waals surface area contributed by atoms with Gasteiger partial charge in [0, 0.05) is 33.2 Å². The predicted octanol–water partition coefficient (Wildman–Crippen LogP) is 12.5. The number of phenols is 2. The van der Waals surface area contributed by atoms with E-state index in [1.54, 1.807) is 78.9 Å². The summed E-state index contributed by atoms with van der Waals surface area (Å²) in [7, 11) is 0. The van der Waals surface area contributed by atoms with Gasteiger partial charge in [-0.2, -0.15) is 10.2 Å². The molecule has 11 nitrogen and oxygen atoms in total. The van der Waals surface area contributed by atoms with Crippen LogP contribution in [0.4, 0.5) is 42.9 Å². The molecule has 0 saturated carbocycles. The maximum absolute atomic E-state index is 13.8. The first-order chi connectivity index (χ1) is 29.2. The van der Waals surface area contributed by atoms with E-state index in [0.717, 1.165) is 5.39 Å². The maximum atomic E-state index is 13.8. The summed E-state index contributed by atoms with van der Waals surface area (Å²) >= 11 is 0. The van der Waals surface area contributed by atoms with Gasteiger partial charge in [-0.15, -0.1) is 10.2 Å². The van der Waals surface area contributed by atoms with Crippen molar-refractivity contribution in [3.63, 3.8) is 0 Å². The minimum atomic E-state index is -0.667. The van der Waals surface area contributed by atoms with Gasteiger partial charge in [0.05, 0.1) is 22.6 Å². The Morgan fingerprint density at radius 3 is 1.73 bits per heavy atom. The molecule has 0 spiro atoms. The molecule has 0 saturated heterocycles. The highest BCUT2D eigenvalue weighted by molar-refractivity contribution is 6.22. The average molecular weight is 797 g/mol. The number of ketones is 1. The molecule has 0 atom stereocenters. The molecule has 0 heterocycles. The molecule has 0 aromatic heterocycles. The lowest BCUT2D eigenvalue weighted by molar-refractivity contribution is 0.102. The summed E-state index contributed by atoms with van der Waals surface area (Å²) in [6, 6.07) is 39.1. The van der Waals surface area contributed by atoms with Crippen LogP contribution in [0, 0.1) is 11.6 Å². The standard InChI is InChI=1S/C47H30F2N6O5/c48-29-9-5-11-31(21-29)50-47(59)41-20-27-8-2-4-14-36(27)43(46(41)58)54-52-33-16-18-38-37-17-15-32(23-39(37)45(57)40(38)24-33)51-53-42-35-13-3-1-7-26(35)19-28(44(42)56)25-60-55-34-12-6-10-30(49)22-34/h1-24,55-56,58H,25H2,(H,50,59). The molecule has 0 bridgehead atoms. The Morgan fingerprint density at radius 2 is 1.12 bits per heavy atom. The number of amides is 1. The number of aromatic hydroxyl groups is 2. The van der Waals surface area contributed by atoms with Crippen molar-refractivity contribution in [3.05, 3.63) is 179 Å². The van der Waals surface area contributed by atoms with E-state index in [2.05, 4.69) is 31.3 Å². The Balaban J connectivity index is 0.968. The number of fused-ring (bicyclic) bond motifs is 5. The van der Waals surface area contributed by atoms with E-state index in [-0.39, 0.29) is 40.8 Å². The minimum absolute atomic E-state index is 0.0417. The second-order valence-electron chi connectivity index (χ2n) is 13.9. The molecule has 0 aliphatic heterocycles. The Labute approximate surface area is 339 Å². The second-order valence-corrected chi connectivity index (χ2v) is 13.9. The van der Waals surface area contributed by atoms with Gasteiger partial charge in [0.1, 0.15) is 35.4 Å². The van der Waals surface area contributed by atoms with Crippen molar-refractivity contribution in [2.24, 2.45) is 20.5 Å². The lowest BCUT2D eigenvalue weighted by Gasteiger charge is -2.12. The number of benzene rings is 8. The maximum Gasteiger partial charge on any atom is 0.259 e. The molecule has 4 N–H and O–H groups in total. The molecule has 9 rings (SSSR count). The number of carbonyl (C=O) groups is 2. The Bertz CT molecular complexity index is 3120. The van der Waals surface area contributed by atoms with Crippen LogP contribution >= 0.6 is 0 Å². The van der Waals surface area contributed by atoms with Crippen LogP contribution in [0.15, 0.2) is 166 Å².